The molecule has 0 aliphatic carbocycles. The number of rotatable bonds is 17. The van der Waals surface area contributed by atoms with Crippen LogP contribution in [0.3, 0.4) is 0 Å². The van der Waals surface area contributed by atoms with Crippen LogP contribution in [-0.4, -0.2) is 90.0 Å². The molecule has 1 fully saturated rings. The molecule has 0 spiro atoms. The first kappa shape index (κ1) is 32.5. The summed E-state index contributed by atoms with van der Waals surface area (Å²) in [6.45, 7) is 13.2. The van der Waals surface area contributed by atoms with Gasteiger partial charge < -0.3 is 48.0 Å². The number of aldehydes is 4. The first-order valence-electron chi connectivity index (χ1n) is 12.6. The summed E-state index contributed by atoms with van der Waals surface area (Å²) in [5.74, 6) is 0. The van der Waals surface area contributed by atoms with Crippen LogP contribution >= 0.6 is 0 Å². The van der Waals surface area contributed by atoms with Crippen molar-refractivity contribution in [3.05, 3.63) is 0 Å². The Hall–Kier alpha value is -1.56. The Morgan fingerprint density at radius 2 is 1.00 bits per heavy atom. The highest BCUT2D eigenvalue weighted by atomic mass is 16.7. The van der Waals surface area contributed by atoms with Gasteiger partial charge in [-0.15, -0.1) is 0 Å². The van der Waals surface area contributed by atoms with Gasteiger partial charge in [0.05, 0.1) is 6.61 Å². The Kier molecular flexibility index (Phi) is 12.0. The van der Waals surface area contributed by atoms with Gasteiger partial charge in [-0.05, 0) is 53.4 Å². The predicted molar refractivity (Wildman–Crippen MR) is 130 cm³/mol. The maximum Gasteiger partial charge on any atom is 0.184 e. The lowest BCUT2D eigenvalue weighted by Crippen LogP contribution is -2.66. The van der Waals surface area contributed by atoms with Crippen molar-refractivity contribution in [1.82, 2.24) is 0 Å². The van der Waals surface area contributed by atoms with E-state index >= 15 is 0 Å². The Labute approximate surface area is 214 Å². The molecule has 10 nitrogen and oxygen atoms in total. The minimum atomic E-state index is -1.59. The van der Waals surface area contributed by atoms with Crippen LogP contribution in [0.5, 0.6) is 0 Å². The van der Waals surface area contributed by atoms with Gasteiger partial charge in [0.25, 0.3) is 0 Å². The smallest absolute Gasteiger partial charge is 0.184 e. The fourth-order valence-electron chi connectivity index (χ4n) is 3.44. The Morgan fingerprint density at radius 1 is 0.639 bits per heavy atom. The van der Waals surface area contributed by atoms with Crippen molar-refractivity contribution >= 4 is 25.1 Å². The first-order chi connectivity index (χ1) is 16.8. The van der Waals surface area contributed by atoms with E-state index in [9.17, 15) is 24.3 Å². The quantitative estimate of drug-likeness (QED) is 0.287. The van der Waals surface area contributed by atoms with Crippen molar-refractivity contribution in [3.63, 3.8) is 0 Å². The molecule has 0 aromatic heterocycles. The van der Waals surface area contributed by atoms with Crippen LogP contribution < -0.4 is 0 Å². The molecule has 1 aliphatic rings. The van der Waals surface area contributed by atoms with Gasteiger partial charge in [0.2, 0.25) is 0 Å². The molecule has 0 aromatic carbocycles. The van der Waals surface area contributed by atoms with Crippen LogP contribution in [0.1, 0.15) is 81.1 Å². The van der Waals surface area contributed by atoms with Gasteiger partial charge >= 0.3 is 0 Å². The third-order valence-electron chi connectivity index (χ3n) is 7.21. The van der Waals surface area contributed by atoms with Gasteiger partial charge in [0, 0.05) is 0 Å². The fraction of sp³-hybridized carbons (Fsp3) is 0.846. The van der Waals surface area contributed by atoms with E-state index in [1.807, 2.05) is 0 Å². The second-order valence-corrected chi connectivity index (χ2v) is 10.3. The molecular formula is C26H44O10. The molecule has 1 heterocycles. The Bertz CT molecular complexity index is 746. The maximum absolute atomic E-state index is 12.0. The second kappa shape index (κ2) is 13.3. The van der Waals surface area contributed by atoms with Gasteiger partial charge in [-0.1, -0.05) is 27.7 Å². The summed E-state index contributed by atoms with van der Waals surface area (Å²) < 4.78 is 30.2. The molecule has 36 heavy (non-hydrogen) atoms. The minimum absolute atomic E-state index is 0.182. The average molecular weight is 517 g/mol. The Balaban J connectivity index is 3.60. The van der Waals surface area contributed by atoms with Gasteiger partial charge in [-0.25, -0.2) is 0 Å². The monoisotopic (exact) mass is 516 g/mol. The van der Waals surface area contributed by atoms with Crippen LogP contribution in [0.25, 0.3) is 0 Å². The molecule has 10 heteroatoms. The van der Waals surface area contributed by atoms with Crippen molar-refractivity contribution < 1.29 is 48.0 Å². The predicted octanol–water partition coefficient (Wildman–Crippen LogP) is 2.35. The zero-order valence-corrected chi connectivity index (χ0v) is 22.9. The average Bonchev–Trinajstić information content (AvgIpc) is 2.90. The molecule has 1 N–H and O–H groups in total. The normalized spacial score (nSPS) is 31.2. The third kappa shape index (κ3) is 7.97. The largest absolute Gasteiger partial charge is 0.366 e. The number of hydrogen-bond acceptors (Lipinski definition) is 10. The van der Waals surface area contributed by atoms with Gasteiger partial charge in [-0.3, -0.25) is 0 Å². The summed E-state index contributed by atoms with van der Waals surface area (Å²) >= 11 is 0. The summed E-state index contributed by atoms with van der Waals surface area (Å²) in [5.41, 5.74) is -4.95. The number of hydrogen-bond donors (Lipinski definition) is 1. The van der Waals surface area contributed by atoms with Crippen LogP contribution in [0.4, 0.5) is 0 Å². The molecule has 1 saturated heterocycles. The van der Waals surface area contributed by atoms with Crippen molar-refractivity contribution in [2.45, 2.75) is 134 Å². The lowest BCUT2D eigenvalue weighted by Gasteiger charge is -2.49. The molecule has 1 rings (SSSR count). The van der Waals surface area contributed by atoms with E-state index in [0.29, 0.717) is 50.8 Å². The molecule has 0 bridgehead atoms. The van der Waals surface area contributed by atoms with Crippen molar-refractivity contribution in [1.29, 1.82) is 0 Å². The van der Waals surface area contributed by atoms with Crippen molar-refractivity contribution in [2.75, 3.05) is 6.61 Å². The SMILES string of the molecule is CCC(C)(C=O)OC[C@H]1O[C@@H](O)[C@H](OC(C)(C=O)CC)[C@@H](OC(C)(C=O)CC)[C@H]1OC(C)(C=O)CC. The van der Waals surface area contributed by atoms with Gasteiger partial charge in [0.1, 0.15) is 46.8 Å². The van der Waals surface area contributed by atoms with E-state index in [1.54, 1.807) is 55.4 Å². The summed E-state index contributed by atoms with van der Waals surface area (Å²) in [6, 6.07) is 0. The molecule has 0 amide bonds. The number of aliphatic hydroxyl groups is 1. The molecule has 4 unspecified atom stereocenters. The van der Waals surface area contributed by atoms with Crippen molar-refractivity contribution in [3.8, 4) is 0 Å². The first-order valence-corrected chi connectivity index (χ1v) is 12.6. The molecule has 0 saturated carbocycles. The minimum Gasteiger partial charge on any atom is -0.366 e. The van der Waals surface area contributed by atoms with Crippen LogP contribution in [0, 0.1) is 0 Å². The second-order valence-electron chi connectivity index (χ2n) is 10.3. The lowest BCUT2D eigenvalue weighted by molar-refractivity contribution is -0.341. The van der Waals surface area contributed by atoms with Crippen LogP contribution in [0.2, 0.25) is 0 Å². The molecule has 208 valence electrons. The number of carbonyl (C=O) groups excluding carboxylic acids is 4. The highest BCUT2D eigenvalue weighted by Gasteiger charge is 2.53. The molecule has 9 atom stereocenters. The van der Waals surface area contributed by atoms with Crippen LogP contribution in [0.15, 0.2) is 0 Å². The fourth-order valence-corrected chi connectivity index (χ4v) is 3.44. The topological polar surface area (TPSA) is 135 Å². The zero-order chi connectivity index (χ0) is 27.8. The van der Waals surface area contributed by atoms with Crippen LogP contribution in [-0.2, 0) is 42.9 Å². The standard InChI is InChI=1S/C26H44O10/c1-9-23(5,14-27)32-13-18-19(34-24(6,10-2)15-28)20(35-25(7,11-3)16-29)21(22(31)33-18)36-26(8,12-4)17-30/h14-22,31H,9-13H2,1-8H3/t18-,19+,20+,21-,22-,23?,24?,25?,26?/m1/s1. The summed E-state index contributed by atoms with van der Waals surface area (Å²) in [7, 11) is 0. The third-order valence-corrected chi connectivity index (χ3v) is 7.21. The van der Waals surface area contributed by atoms with Crippen molar-refractivity contribution in [2.24, 2.45) is 0 Å². The number of aliphatic hydroxyl groups excluding tert-OH is 1. The summed E-state index contributed by atoms with van der Waals surface area (Å²) in [4.78, 5) is 47.3. The molecule has 0 aromatic rings. The lowest BCUT2D eigenvalue weighted by atomic mass is 9.93. The van der Waals surface area contributed by atoms with E-state index in [4.69, 9.17) is 23.7 Å². The summed E-state index contributed by atoms with van der Waals surface area (Å²) in [5, 5.41) is 11.0. The highest BCUT2D eigenvalue weighted by Crippen LogP contribution is 2.36. The van der Waals surface area contributed by atoms with E-state index in [-0.39, 0.29) is 6.61 Å². The number of ether oxygens (including phenoxy) is 5. The molecule has 0 radical (unpaired) electrons. The van der Waals surface area contributed by atoms with E-state index in [0.717, 1.165) is 0 Å². The highest BCUT2D eigenvalue weighted by molar-refractivity contribution is 5.63. The Morgan fingerprint density at radius 3 is 1.36 bits per heavy atom. The summed E-state index contributed by atoms with van der Waals surface area (Å²) in [6.07, 6.45) is -2.16. The van der Waals surface area contributed by atoms with Gasteiger partial charge in [-0.2, -0.15) is 0 Å². The molecular weight excluding hydrogens is 472 g/mol. The number of carbonyl (C=O) groups is 4. The molecule has 1 aliphatic heterocycles. The van der Waals surface area contributed by atoms with E-state index in [2.05, 4.69) is 0 Å². The zero-order valence-electron chi connectivity index (χ0n) is 22.9. The maximum atomic E-state index is 12.0. The van der Waals surface area contributed by atoms with E-state index < -0.39 is 53.1 Å². The van der Waals surface area contributed by atoms with E-state index in [1.165, 1.54) is 0 Å². The van der Waals surface area contributed by atoms with Gasteiger partial charge in [0.15, 0.2) is 31.4 Å².